The second-order valence-corrected chi connectivity index (χ2v) is 4.09. The minimum absolute atomic E-state index is 0.00454. The van der Waals surface area contributed by atoms with Gasteiger partial charge in [0.15, 0.2) is 5.84 Å². The van der Waals surface area contributed by atoms with Crippen molar-refractivity contribution >= 4 is 5.84 Å². The van der Waals surface area contributed by atoms with E-state index >= 15 is 0 Å². The van der Waals surface area contributed by atoms with Crippen molar-refractivity contribution in [2.75, 3.05) is 7.11 Å². The molecule has 0 fully saturated rings. The molecule has 1 aromatic carbocycles. The Morgan fingerprint density at radius 3 is 2.85 bits per heavy atom. The lowest BCUT2D eigenvalue weighted by atomic mass is 10.1. The second-order valence-electron chi connectivity index (χ2n) is 4.09. The Balaban J connectivity index is 2.02. The fourth-order valence-electron chi connectivity index (χ4n) is 1.76. The van der Waals surface area contributed by atoms with Crippen molar-refractivity contribution in [3.05, 3.63) is 53.5 Å². The smallest absolute Gasteiger partial charge is 0.173 e. The van der Waals surface area contributed by atoms with E-state index in [0.717, 1.165) is 11.3 Å². The maximum absolute atomic E-state index is 8.70. The number of methoxy groups -OCH3 is 1. The van der Waals surface area contributed by atoms with Gasteiger partial charge in [0.25, 0.3) is 0 Å². The van der Waals surface area contributed by atoms with Crippen LogP contribution in [0.25, 0.3) is 0 Å². The minimum atomic E-state index is 0.00454. The molecule has 0 aliphatic heterocycles. The molecule has 0 unspecified atom stereocenters. The predicted octanol–water partition coefficient (Wildman–Crippen LogP) is 2.10. The van der Waals surface area contributed by atoms with Crippen LogP contribution < -0.4 is 10.5 Å². The van der Waals surface area contributed by atoms with E-state index in [1.807, 2.05) is 18.2 Å². The van der Waals surface area contributed by atoms with Crippen molar-refractivity contribution in [2.45, 2.75) is 13.2 Å². The first-order valence-corrected chi connectivity index (χ1v) is 5.99. The molecule has 0 aliphatic rings. The summed E-state index contributed by atoms with van der Waals surface area (Å²) in [6.45, 7) is 0.810. The van der Waals surface area contributed by atoms with Crippen LogP contribution in [0.4, 0.5) is 0 Å². The van der Waals surface area contributed by atoms with Gasteiger partial charge < -0.3 is 24.8 Å². The van der Waals surface area contributed by atoms with Crippen LogP contribution in [-0.2, 0) is 18.0 Å². The third-order valence-corrected chi connectivity index (χ3v) is 2.74. The number of hydrogen-bond acceptors (Lipinski definition) is 5. The van der Waals surface area contributed by atoms with Gasteiger partial charge in [0.2, 0.25) is 0 Å². The van der Waals surface area contributed by atoms with Crippen LogP contribution in [0.3, 0.4) is 0 Å². The summed E-state index contributed by atoms with van der Waals surface area (Å²) >= 11 is 0. The average molecular weight is 276 g/mol. The molecule has 0 amide bonds. The third-order valence-electron chi connectivity index (χ3n) is 2.74. The summed E-state index contributed by atoms with van der Waals surface area (Å²) in [7, 11) is 1.52. The number of hydrogen-bond donors (Lipinski definition) is 2. The molecule has 20 heavy (non-hydrogen) atoms. The molecular formula is C14H16N2O4. The van der Waals surface area contributed by atoms with E-state index in [9.17, 15) is 0 Å². The van der Waals surface area contributed by atoms with Gasteiger partial charge in [-0.1, -0.05) is 11.2 Å². The summed E-state index contributed by atoms with van der Waals surface area (Å²) in [6.07, 6.45) is 1.60. The standard InChI is InChI=1S/C14H16N2O4/c1-18-13-7-10(4-5-12(13)14(15)16-17)8-19-9-11-3-2-6-20-11/h2-7,17H,8-9H2,1H3,(H2,15,16). The normalized spacial score (nSPS) is 11.6. The van der Waals surface area contributed by atoms with E-state index in [1.54, 1.807) is 18.4 Å². The van der Waals surface area contributed by atoms with Gasteiger partial charge >= 0.3 is 0 Å². The largest absolute Gasteiger partial charge is 0.496 e. The van der Waals surface area contributed by atoms with Gasteiger partial charge in [0, 0.05) is 0 Å². The number of oxime groups is 1. The molecule has 0 spiro atoms. The summed E-state index contributed by atoms with van der Waals surface area (Å²) in [5.74, 6) is 1.30. The molecule has 0 bridgehead atoms. The van der Waals surface area contributed by atoms with Gasteiger partial charge in [-0.2, -0.15) is 0 Å². The number of benzene rings is 1. The minimum Gasteiger partial charge on any atom is -0.496 e. The van der Waals surface area contributed by atoms with Crippen molar-refractivity contribution in [1.82, 2.24) is 0 Å². The summed E-state index contributed by atoms with van der Waals surface area (Å²) in [4.78, 5) is 0. The number of nitrogens with zero attached hydrogens (tertiary/aromatic N) is 1. The maximum atomic E-state index is 8.70. The fourth-order valence-corrected chi connectivity index (χ4v) is 1.76. The molecule has 0 saturated carbocycles. The molecule has 2 aromatic rings. The van der Waals surface area contributed by atoms with E-state index in [-0.39, 0.29) is 5.84 Å². The second kappa shape index (κ2) is 6.63. The number of nitrogens with two attached hydrogens (primary N) is 1. The molecule has 0 radical (unpaired) electrons. The average Bonchev–Trinajstić information content (AvgIpc) is 2.99. The molecule has 6 nitrogen and oxygen atoms in total. The highest BCUT2D eigenvalue weighted by Crippen LogP contribution is 2.20. The van der Waals surface area contributed by atoms with Crippen molar-refractivity contribution < 1.29 is 19.1 Å². The fraction of sp³-hybridized carbons (Fsp3) is 0.214. The van der Waals surface area contributed by atoms with Crippen molar-refractivity contribution in [3.8, 4) is 5.75 Å². The zero-order valence-corrected chi connectivity index (χ0v) is 11.1. The summed E-state index contributed by atoms with van der Waals surface area (Å²) in [5, 5.41) is 11.7. The molecule has 106 valence electrons. The van der Waals surface area contributed by atoms with Crippen molar-refractivity contribution in [3.63, 3.8) is 0 Å². The Hall–Kier alpha value is -2.47. The van der Waals surface area contributed by atoms with E-state index in [4.69, 9.17) is 24.8 Å². The molecule has 0 aliphatic carbocycles. The number of furan rings is 1. The highest BCUT2D eigenvalue weighted by molar-refractivity contribution is 5.99. The SMILES string of the molecule is COc1cc(COCc2ccco2)ccc1/C(N)=N/O. The topological polar surface area (TPSA) is 90.2 Å². The van der Waals surface area contributed by atoms with Crippen molar-refractivity contribution in [2.24, 2.45) is 10.9 Å². The maximum Gasteiger partial charge on any atom is 0.173 e. The van der Waals surface area contributed by atoms with Gasteiger partial charge in [0.05, 0.1) is 25.5 Å². The number of rotatable bonds is 6. The van der Waals surface area contributed by atoms with E-state index < -0.39 is 0 Å². The van der Waals surface area contributed by atoms with Crippen LogP contribution in [0.2, 0.25) is 0 Å². The molecule has 2 rings (SSSR count). The number of amidine groups is 1. The first kappa shape index (κ1) is 14.0. The lowest BCUT2D eigenvalue weighted by Gasteiger charge is -2.09. The zero-order valence-electron chi connectivity index (χ0n) is 11.1. The molecule has 6 heteroatoms. The Kier molecular flexibility index (Phi) is 4.62. The predicted molar refractivity (Wildman–Crippen MR) is 72.7 cm³/mol. The first-order valence-electron chi connectivity index (χ1n) is 5.99. The monoisotopic (exact) mass is 276 g/mol. The summed E-state index contributed by atoms with van der Waals surface area (Å²) in [6, 6.07) is 9.00. The Bertz CT molecular complexity index is 579. The highest BCUT2D eigenvalue weighted by Gasteiger charge is 2.09. The van der Waals surface area contributed by atoms with Crippen LogP contribution >= 0.6 is 0 Å². The Morgan fingerprint density at radius 2 is 2.20 bits per heavy atom. The Labute approximate surface area is 116 Å². The number of ether oxygens (including phenoxy) is 2. The van der Waals surface area contributed by atoms with Crippen LogP contribution in [0.1, 0.15) is 16.9 Å². The molecule has 3 N–H and O–H groups in total. The van der Waals surface area contributed by atoms with E-state index in [1.165, 1.54) is 7.11 Å². The molecule has 1 aromatic heterocycles. The van der Waals surface area contributed by atoms with Gasteiger partial charge in [0.1, 0.15) is 18.1 Å². The van der Waals surface area contributed by atoms with Crippen LogP contribution in [0.15, 0.2) is 46.2 Å². The van der Waals surface area contributed by atoms with Crippen LogP contribution in [0.5, 0.6) is 5.75 Å². The van der Waals surface area contributed by atoms with Gasteiger partial charge in [-0.15, -0.1) is 0 Å². The third kappa shape index (κ3) is 3.30. The molecule has 0 atom stereocenters. The van der Waals surface area contributed by atoms with Gasteiger partial charge in [-0.25, -0.2) is 0 Å². The van der Waals surface area contributed by atoms with Crippen molar-refractivity contribution in [1.29, 1.82) is 0 Å². The van der Waals surface area contributed by atoms with Crippen LogP contribution in [-0.4, -0.2) is 18.2 Å². The molecule has 1 heterocycles. The summed E-state index contributed by atoms with van der Waals surface area (Å²) < 4.78 is 15.9. The zero-order chi connectivity index (χ0) is 14.4. The van der Waals surface area contributed by atoms with Gasteiger partial charge in [-0.3, -0.25) is 0 Å². The lowest BCUT2D eigenvalue weighted by molar-refractivity contribution is 0.0928. The van der Waals surface area contributed by atoms with Gasteiger partial charge in [-0.05, 0) is 29.8 Å². The Morgan fingerprint density at radius 1 is 1.35 bits per heavy atom. The summed E-state index contributed by atoms with van der Waals surface area (Å²) in [5.41, 5.74) is 7.01. The quantitative estimate of drug-likeness (QED) is 0.365. The molecule has 0 saturated heterocycles. The molecular weight excluding hydrogens is 260 g/mol. The van der Waals surface area contributed by atoms with Crippen LogP contribution in [0, 0.1) is 0 Å². The van der Waals surface area contributed by atoms with E-state index in [2.05, 4.69) is 5.16 Å². The first-order chi connectivity index (χ1) is 9.74. The lowest BCUT2D eigenvalue weighted by Crippen LogP contribution is -2.14. The van der Waals surface area contributed by atoms with E-state index in [0.29, 0.717) is 24.5 Å². The highest BCUT2D eigenvalue weighted by atomic mass is 16.5.